The van der Waals surface area contributed by atoms with Crippen molar-refractivity contribution in [1.29, 1.82) is 0 Å². The van der Waals surface area contributed by atoms with Crippen LogP contribution in [0.4, 0.5) is 8.78 Å². The Bertz CT molecular complexity index is 1040. The summed E-state index contributed by atoms with van der Waals surface area (Å²) in [5.41, 5.74) is 3.37. The first-order valence-corrected chi connectivity index (χ1v) is 10.2. The topological polar surface area (TPSA) is 34.1 Å². The molecule has 0 fully saturated rings. The van der Waals surface area contributed by atoms with Crippen LogP contribution in [0.2, 0.25) is 0 Å². The number of halogens is 3. The fourth-order valence-corrected chi connectivity index (χ4v) is 3.85. The van der Waals surface area contributed by atoms with Crippen LogP contribution in [-0.2, 0) is 9.84 Å². The van der Waals surface area contributed by atoms with Crippen LogP contribution in [0.5, 0.6) is 0 Å². The molecule has 0 saturated heterocycles. The minimum atomic E-state index is -3.83. The summed E-state index contributed by atoms with van der Waals surface area (Å²) in [6.45, 7) is 1.95. The van der Waals surface area contributed by atoms with Gasteiger partial charge in [0.1, 0.15) is 16.5 Å². The molecule has 6 heteroatoms. The van der Waals surface area contributed by atoms with Crippen LogP contribution in [0.1, 0.15) is 23.1 Å². The van der Waals surface area contributed by atoms with Gasteiger partial charge in [0.25, 0.3) is 0 Å². The molecule has 130 valence electrons. The molecule has 0 atom stereocenters. The van der Waals surface area contributed by atoms with Gasteiger partial charge in [-0.1, -0.05) is 40.2 Å². The van der Waals surface area contributed by atoms with E-state index in [4.69, 9.17) is 0 Å². The third-order valence-electron chi connectivity index (χ3n) is 4.11. The number of allylic oxidation sites excluding steroid dienone is 4. The Kier molecular flexibility index (Phi) is 4.68. The van der Waals surface area contributed by atoms with E-state index in [0.717, 1.165) is 39.6 Å². The fraction of sp³-hybridized carbons (Fsp3) is 0.158. The molecule has 0 unspecified atom stereocenters. The molecular weight excluding hydrogens is 410 g/mol. The second-order valence-corrected chi connectivity index (χ2v) is 8.81. The molecule has 2 aromatic rings. The smallest absolute Gasteiger partial charge is 0.178 e. The zero-order valence-electron chi connectivity index (χ0n) is 13.6. The average Bonchev–Trinajstić information content (AvgIpc) is 3.00. The SMILES string of the molecule is Cc1cc(C2=CCC=C2c2cc(F)c(S(C)(=O)=O)cc2F)ccc1Br. The molecule has 0 aliphatic heterocycles. The van der Waals surface area contributed by atoms with Gasteiger partial charge in [-0.25, -0.2) is 17.2 Å². The van der Waals surface area contributed by atoms with Crippen molar-refractivity contribution in [3.8, 4) is 0 Å². The third-order valence-corrected chi connectivity index (χ3v) is 6.12. The van der Waals surface area contributed by atoms with Gasteiger partial charge in [-0.2, -0.15) is 0 Å². The van der Waals surface area contributed by atoms with Gasteiger partial charge < -0.3 is 0 Å². The lowest BCUT2D eigenvalue weighted by Crippen LogP contribution is -2.04. The Morgan fingerprint density at radius 1 is 1.00 bits per heavy atom. The summed E-state index contributed by atoms with van der Waals surface area (Å²) < 4.78 is 52.8. The second-order valence-electron chi connectivity index (χ2n) is 5.97. The van der Waals surface area contributed by atoms with Gasteiger partial charge in [0.05, 0.1) is 0 Å². The highest BCUT2D eigenvalue weighted by Crippen LogP contribution is 2.39. The van der Waals surface area contributed by atoms with E-state index in [1.807, 2.05) is 37.3 Å². The molecule has 0 N–H and O–H groups in total. The van der Waals surface area contributed by atoms with Crippen LogP contribution in [-0.4, -0.2) is 14.7 Å². The molecule has 0 bridgehead atoms. The summed E-state index contributed by atoms with van der Waals surface area (Å²) in [5.74, 6) is -1.70. The maximum absolute atomic E-state index is 14.5. The molecule has 0 aromatic heterocycles. The maximum Gasteiger partial charge on any atom is 0.178 e. The van der Waals surface area contributed by atoms with Crippen molar-refractivity contribution in [2.45, 2.75) is 18.2 Å². The highest BCUT2D eigenvalue weighted by Gasteiger charge is 2.22. The normalized spacial score (nSPS) is 14.4. The van der Waals surface area contributed by atoms with Crippen LogP contribution < -0.4 is 0 Å². The standard InChI is InChI=1S/C19H15BrF2O2S/c1-11-8-12(6-7-16(11)20)13-4-3-5-14(13)15-9-18(22)19(10-17(15)21)25(2,23)24/h4-10H,3H2,1-2H3. The maximum atomic E-state index is 14.5. The Balaban J connectivity index is 2.09. The zero-order chi connectivity index (χ0) is 18.4. The summed E-state index contributed by atoms with van der Waals surface area (Å²) in [6.07, 6.45) is 5.22. The first kappa shape index (κ1) is 18.0. The van der Waals surface area contributed by atoms with Gasteiger partial charge in [0.15, 0.2) is 9.84 Å². The summed E-state index contributed by atoms with van der Waals surface area (Å²) in [6, 6.07) is 7.49. The number of rotatable bonds is 3. The molecular formula is C19H15BrF2O2S. The molecule has 2 aromatic carbocycles. The lowest BCUT2D eigenvalue weighted by atomic mass is 9.94. The Morgan fingerprint density at radius 3 is 2.32 bits per heavy atom. The molecule has 3 rings (SSSR count). The van der Waals surface area contributed by atoms with Crippen LogP contribution in [0.15, 0.2) is 51.9 Å². The summed E-state index contributed by atoms with van der Waals surface area (Å²) in [5, 5.41) is 0. The highest BCUT2D eigenvalue weighted by molar-refractivity contribution is 9.10. The van der Waals surface area contributed by atoms with E-state index < -0.39 is 26.4 Å². The van der Waals surface area contributed by atoms with Gasteiger partial charge in [-0.05, 0) is 53.8 Å². The lowest BCUT2D eigenvalue weighted by molar-refractivity contribution is 0.554. The summed E-state index contributed by atoms with van der Waals surface area (Å²) in [4.78, 5) is -0.627. The van der Waals surface area contributed by atoms with Gasteiger partial charge in [-0.3, -0.25) is 0 Å². The van der Waals surface area contributed by atoms with E-state index in [9.17, 15) is 17.2 Å². The predicted octanol–water partition coefficient (Wildman–Crippen LogP) is 5.31. The van der Waals surface area contributed by atoms with E-state index >= 15 is 0 Å². The molecule has 25 heavy (non-hydrogen) atoms. The van der Waals surface area contributed by atoms with Crippen LogP contribution in [0.3, 0.4) is 0 Å². The highest BCUT2D eigenvalue weighted by atomic mass is 79.9. The monoisotopic (exact) mass is 424 g/mol. The fourth-order valence-electron chi connectivity index (χ4n) is 2.87. The van der Waals surface area contributed by atoms with Crippen LogP contribution in [0, 0.1) is 18.6 Å². The Hall–Kier alpha value is -1.79. The van der Waals surface area contributed by atoms with Crippen molar-refractivity contribution in [2.24, 2.45) is 0 Å². The van der Waals surface area contributed by atoms with Crippen molar-refractivity contribution in [1.82, 2.24) is 0 Å². The van der Waals surface area contributed by atoms with E-state index in [0.29, 0.717) is 12.0 Å². The van der Waals surface area contributed by atoms with Crippen molar-refractivity contribution in [3.05, 3.63) is 75.3 Å². The number of sulfone groups is 1. The largest absolute Gasteiger partial charge is 0.224 e. The Morgan fingerprint density at radius 2 is 1.68 bits per heavy atom. The van der Waals surface area contributed by atoms with Gasteiger partial charge in [0.2, 0.25) is 0 Å². The summed E-state index contributed by atoms with van der Waals surface area (Å²) in [7, 11) is -3.83. The predicted molar refractivity (Wildman–Crippen MR) is 98.9 cm³/mol. The molecule has 1 aliphatic carbocycles. The van der Waals surface area contributed by atoms with Crippen LogP contribution >= 0.6 is 15.9 Å². The van der Waals surface area contributed by atoms with Crippen LogP contribution in [0.25, 0.3) is 11.1 Å². The molecule has 0 spiro atoms. The number of aryl methyl sites for hydroxylation is 1. The molecule has 0 radical (unpaired) electrons. The van der Waals surface area contributed by atoms with Gasteiger partial charge in [0, 0.05) is 16.3 Å². The average molecular weight is 425 g/mol. The quantitative estimate of drug-likeness (QED) is 0.668. The molecule has 0 amide bonds. The third kappa shape index (κ3) is 3.46. The first-order valence-electron chi connectivity index (χ1n) is 7.55. The minimum absolute atomic E-state index is 0.0641. The van der Waals surface area contributed by atoms with Crippen molar-refractivity contribution < 1.29 is 17.2 Å². The Labute approximate surface area is 153 Å². The number of hydrogen-bond acceptors (Lipinski definition) is 2. The summed E-state index contributed by atoms with van der Waals surface area (Å²) >= 11 is 3.45. The van der Waals surface area contributed by atoms with Gasteiger partial charge in [-0.15, -0.1) is 0 Å². The zero-order valence-corrected chi connectivity index (χ0v) is 16.0. The van der Waals surface area contributed by atoms with Crippen molar-refractivity contribution in [3.63, 3.8) is 0 Å². The van der Waals surface area contributed by atoms with Crippen molar-refractivity contribution in [2.75, 3.05) is 6.26 Å². The minimum Gasteiger partial charge on any atom is -0.224 e. The van der Waals surface area contributed by atoms with E-state index in [-0.39, 0.29) is 5.56 Å². The van der Waals surface area contributed by atoms with E-state index in [2.05, 4.69) is 15.9 Å². The molecule has 2 nitrogen and oxygen atoms in total. The van der Waals surface area contributed by atoms with Crippen molar-refractivity contribution >= 4 is 36.9 Å². The molecule has 0 saturated carbocycles. The number of hydrogen-bond donors (Lipinski definition) is 0. The van der Waals surface area contributed by atoms with E-state index in [1.165, 1.54) is 0 Å². The van der Waals surface area contributed by atoms with E-state index in [1.54, 1.807) is 0 Å². The molecule has 0 heterocycles. The molecule has 1 aliphatic rings. The number of benzene rings is 2. The van der Waals surface area contributed by atoms with Gasteiger partial charge >= 0.3 is 0 Å². The second kappa shape index (κ2) is 6.50. The first-order chi connectivity index (χ1) is 11.7. The lowest BCUT2D eigenvalue weighted by Gasteiger charge is -2.13.